The van der Waals surface area contributed by atoms with Gasteiger partial charge in [0.05, 0.1) is 21.3 Å². The van der Waals surface area contributed by atoms with Crippen LogP contribution in [0.15, 0.2) is 64.4 Å². The number of nitrogens with zero attached hydrogens (tertiary/aromatic N) is 2. The van der Waals surface area contributed by atoms with E-state index in [0.717, 1.165) is 11.3 Å². The number of aryl methyl sites for hydroxylation is 1. The predicted octanol–water partition coefficient (Wildman–Crippen LogP) is 7.75. The highest BCUT2D eigenvalue weighted by molar-refractivity contribution is 7.11. The molecule has 2 aromatic heterocycles. The molecular weight excluding hydrogens is 423 g/mol. The Labute approximate surface area is 182 Å². The molecule has 0 atom stereocenters. The molecule has 0 N–H and O–H groups in total. The smallest absolute Gasteiger partial charge is 0.136 e. The van der Waals surface area contributed by atoms with Crippen molar-refractivity contribution in [2.75, 3.05) is 0 Å². The van der Waals surface area contributed by atoms with Crippen LogP contribution in [0.5, 0.6) is 0 Å². The first-order valence-electron chi connectivity index (χ1n) is 8.74. The van der Waals surface area contributed by atoms with Gasteiger partial charge in [-0.25, -0.2) is 4.98 Å². The second kappa shape index (κ2) is 8.26. The lowest BCUT2D eigenvalue weighted by Gasteiger charge is -2.02. The van der Waals surface area contributed by atoms with Crippen molar-refractivity contribution in [1.82, 2.24) is 4.98 Å². The molecule has 2 heterocycles. The van der Waals surface area contributed by atoms with E-state index in [1.165, 1.54) is 16.9 Å². The summed E-state index contributed by atoms with van der Waals surface area (Å²) in [5.41, 5.74) is 4.19. The van der Waals surface area contributed by atoms with Gasteiger partial charge in [0.15, 0.2) is 0 Å². The van der Waals surface area contributed by atoms with Crippen molar-refractivity contribution in [2.45, 2.75) is 6.92 Å². The average Bonchev–Trinajstić information content (AvgIpc) is 3.39. The van der Waals surface area contributed by atoms with Gasteiger partial charge in [0.1, 0.15) is 22.6 Å². The standard InChI is InChI=1S/C23H14Cl2N2OS/c1-14-5-7-15(8-6-14)20-13-29-23(27-20)16(12-26)11-17-9-10-21(28-17)18-3-2-4-19(24)22(18)25/h2-11,13H,1H3. The van der Waals surface area contributed by atoms with Crippen molar-refractivity contribution in [1.29, 1.82) is 5.26 Å². The fourth-order valence-electron chi connectivity index (χ4n) is 2.81. The van der Waals surface area contributed by atoms with Crippen LogP contribution in [0.25, 0.3) is 34.2 Å². The zero-order valence-electron chi connectivity index (χ0n) is 15.3. The van der Waals surface area contributed by atoms with E-state index < -0.39 is 0 Å². The lowest BCUT2D eigenvalue weighted by molar-refractivity contribution is 0.572. The summed E-state index contributed by atoms with van der Waals surface area (Å²) in [5, 5.41) is 13.1. The molecule has 0 aliphatic rings. The summed E-state index contributed by atoms with van der Waals surface area (Å²) in [4.78, 5) is 4.62. The van der Waals surface area contributed by atoms with Crippen LogP contribution in [0.4, 0.5) is 0 Å². The summed E-state index contributed by atoms with van der Waals surface area (Å²) >= 11 is 13.8. The van der Waals surface area contributed by atoms with Gasteiger partial charge in [-0.05, 0) is 31.2 Å². The van der Waals surface area contributed by atoms with E-state index in [1.54, 1.807) is 24.3 Å². The highest BCUT2D eigenvalue weighted by atomic mass is 35.5. The van der Waals surface area contributed by atoms with Crippen LogP contribution in [0.2, 0.25) is 10.0 Å². The lowest BCUT2D eigenvalue weighted by atomic mass is 10.1. The van der Waals surface area contributed by atoms with Crippen molar-refractivity contribution in [3.8, 4) is 28.7 Å². The van der Waals surface area contributed by atoms with Gasteiger partial charge < -0.3 is 4.42 Å². The molecule has 0 amide bonds. The highest BCUT2D eigenvalue weighted by Gasteiger charge is 2.13. The normalized spacial score (nSPS) is 11.4. The first-order chi connectivity index (χ1) is 14.0. The Bertz CT molecular complexity index is 1250. The predicted molar refractivity (Wildman–Crippen MR) is 120 cm³/mol. The van der Waals surface area contributed by atoms with Crippen molar-refractivity contribution in [3.63, 3.8) is 0 Å². The quantitative estimate of drug-likeness (QED) is 0.307. The van der Waals surface area contributed by atoms with Crippen molar-refractivity contribution in [3.05, 3.63) is 86.4 Å². The molecule has 4 aromatic rings. The summed E-state index contributed by atoms with van der Waals surface area (Å²) < 4.78 is 5.87. The zero-order valence-corrected chi connectivity index (χ0v) is 17.6. The third kappa shape index (κ3) is 4.13. The minimum Gasteiger partial charge on any atom is -0.457 e. The number of thiazole rings is 1. The summed E-state index contributed by atoms with van der Waals surface area (Å²) in [6.45, 7) is 2.04. The van der Waals surface area contributed by atoms with Gasteiger partial charge in [0, 0.05) is 22.6 Å². The van der Waals surface area contributed by atoms with Crippen LogP contribution in [-0.2, 0) is 0 Å². The number of allylic oxidation sites excluding steroid dienone is 1. The zero-order chi connectivity index (χ0) is 20.4. The first-order valence-corrected chi connectivity index (χ1v) is 10.4. The largest absolute Gasteiger partial charge is 0.457 e. The van der Waals surface area contributed by atoms with Crippen LogP contribution in [0.3, 0.4) is 0 Å². The molecule has 0 aliphatic carbocycles. The summed E-state index contributed by atoms with van der Waals surface area (Å²) in [6, 6.07) is 19.3. The number of nitriles is 1. The summed E-state index contributed by atoms with van der Waals surface area (Å²) in [7, 11) is 0. The van der Waals surface area contributed by atoms with Gasteiger partial charge >= 0.3 is 0 Å². The molecule has 0 saturated carbocycles. The molecule has 3 nitrogen and oxygen atoms in total. The van der Waals surface area contributed by atoms with Gasteiger partial charge in [-0.15, -0.1) is 11.3 Å². The lowest BCUT2D eigenvalue weighted by Crippen LogP contribution is -1.83. The minimum atomic E-state index is 0.433. The Morgan fingerprint density at radius 2 is 1.90 bits per heavy atom. The second-order valence-corrected chi connectivity index (χ2v) is 8.02. The summed E-state index contributed by atoms with van der Waals surface area (Å²) in [5.74, 6) is 1.13. The third-order valence-corrected chi connectivity index (χ3v) is 6.03. The van der Waals surface area contributed by atoms with Crippen LogP contribution < -0.4 is 0 Å². The Balaban J connectivity index is 1.64. The molecule has 0 unspecified atom stereocenters. The van der Waals surface area contributed by atoms with Crippen molar-refractivity contribution in [2.24, 2.45) is 0 Å². The maximum atomic E-state index is 9.63. The molecule has 2 aromatic carbocycles. The topological polar surface area (TPSA) is 49.8 Å². The Hall–Kier alpha value is -2.84. The van der Waals surface area contributed by atoms with Crippen molar-refractivity contribution < 1.29 is 4.42 Å². The number of hydrogen-bond acceptors (Lipinski definition) is 4. The fraction of sp³-hybridized carbons (Fsp3) is 0.0435. The van der Waals surface area contributed by atoms with Crippen LogP contribution >= 0.6 is 34.5 Å². The molecular formula is C23H14Cl2N2OS. The Morgan fingerprint density at radius 1 is 1.10 bits per heavy atom. The number of rotatable bonds is 4. The van der Waals surface area contributed by atoms with Gasteiger partial charge in [0.2, 0.25) is 0 Å². The molecule has 142 valence electrons. The minimum absolute atomic E-state index is 0.433. The maximum Gasteiger partial charge on any atom is 0.136 e. The molecule has 0 bridgehead atoms. The van der Waals surface area contributed by atoms with E-state index >= 15 is 0 Å². The number of benzene rings is 2. The molecule has 4 rings (SSSR count). The second-order valence-electron chi connectivity index (χ2n) is 6.38. The van der Waals surface area contributed by atoms with Crippen LogP contribution in [0, 0.1) is 18.3 Å². The van der Waals surface area contributed by atoms with E-state index in [2.05, 4.69) is 11.1 Å². The number of aromatic nitrogens is 1. The van der Waals surface area contributed by atoms with Gasteiger partial charge in [0.25, 0.3) is 0 Å². The number of hydrogen-bond donors (Lipinski definition) is 0. The molecule has 0 saturated heterocycles. The molecule has 29 heavy (non-hydrogen) atoms. The maximum absolute atomic E-state index is 9.63. The van der Waals surface area contributed by atoms with Gasteiger partial charge in [-0.1, -0.05) is 59.1 Å². The molecule has 0 fully saturated rings. The fourth-order valence-corrected chi connectivity index (χ4v) is 4.00. The molecule has 0 aliphatic heterocycles. The van der Waals surface area contributed by atoms with E-state index in [4.69, 9.17) is 27.6 Å². The SMILES string of the molecule is Cc1ccc(-c2csc(C(C#N)=Cc3ccc(-c4cccc(Cl)c4Cl)o3)n2)cc1. The number of furan rings is 1. The molecule has 6 heteroatoms. The molecule has 0 radical (unpaired) electrons. The number of halogens is 2. The van der Waals surface area contributed by atoms with E-state index in [9.17, 15) is 5.26 Å². The van der Waals surface area contributed by atoms with Crippen LogP contribution in [0.1, 0.15) is 16.3 Å². The van der Waals surface area contributed by atoms with E-state index in [-0.39, 0.29) is 0 Å². The summed E-state index contributed by atoms with van der Waals surface area (Å²) in [6.07, 6.45) is 1.68. The Morgan fingerprint density at radius 3 is 2.66 bits per heavy atom. The highest BCUT2D eigenvalue weighted by Crippen LogP contribution is 2.35. The third-order valence-electron chi connectivity index (χ3n) is 4.33. The van der Waals surface area contributed by atoms with Gasteiger partial charge in [-0.2, -0.15) is 5.26 Å². The van der Waals surface area contributed by atoms with E-state index in [0.29, 0.717) is 37.7 Å². The monoisotopic (exact) mass is 436 g/mol. The van der Waals surface area contributed by atoms with Gasteiger partial charge in [-0.3, -0.25) is 0 Å². The van der Waals surface area contributed by atoms with Crippen LogP contribution in [-0.4, -0.2) is 4.98 Å². The first kappa shape index (κ1) is 19.5. The van der Waals surface area contributed by atoms with Crippen molar-refractivity contribution >= 4 is 46.2 Å². The van der Waals surface area contributed by atoms with E-state index in [1.807, 2.05) is 48.7 Å². The average molecular weight is 437 g/mol. The Kier molecular flexibility index (Phi) is 5.55. The molecule has 0 spiro atoms.